The van der Waals surface area contributed by atoms with Crippen molar-refractivity contribution < 1.29 is 14.7 Å². The number of amides is 1. The number of aliphatic carboxylic acids is 1. The molecule has 2 aliphatic rings. The maximum Gasteiger partial charge on any atom is 0.306 e. The van der Waals surface area contributed by atoms with E-state index in [2.05, 4.69) is 17.5 Å². The van der Waals surface area contributed by atoms with Gasteiger partial charge in [-0.1, -0.05) is 18.2 Å². The monoisotopic (exact) mass is 299 g/mol. The van der Waals surface area contributed by atoms with E-state index in [0.717, 1.165) is 25.7 Å². The summed E-state index contributed by atoms with van der Waals surface area (Å²) in [6.45, 7) is 0. The van der Waals surface area contributed by atoms with Crippen LogP contribution in [0.3, 0.4) is 0 Å². The maximum absolute atomic E-state index is 12.4. The molecule has 0 radical (unpaired) electrons. The van der Waals surface area contributed by atoms with Crippen molar-refractivity contribution in [3.05, 3.63) is 41.0 Å². The Morgan fingerprint density at radius 2 is 1.91 bits per heavy atom. The average molecular weight is 299 g/mol. The van der Waals surface area contributed by atoms with Crippen LogP contribution in [-0.2, 0) is 11.2 Å². The van der Waals surface area contributed by atoms with Gasteiger partial charge in [0.25, 0.3) is 5.91 Å². The Labute approximate surface area is 130 Å². The fourth-order valence-corrected chi connectivity index (χ4v) is 3.33. The molecule has 1 aromatic rings. The number of aryl methyl sites for hydroxylation is 1. The highest BCUT2D eigenvalue weighted by molar-refractivity contribution is 5.95. The van der Waals surface area contributed by atoms with Crippen molar-refractivity contribution in [2.24, 2.45) is 5.92 Å². The summed E-state index contributed by atoms with van der Waals surface area (Å²) < 4.78 is 0. The number of rotatable bonds is 3. The van der Waals surface area contributed by atoms with Gasteiger partial charge in [0.2, 0.25) is 0 Å². The third-order valence-corrected chi connectivity index (χ3v) is 4.69. The summed E-state index contributed by atoms with van der Waals surface area (Å²) in [5.74, 6) is -1.01. The number of hydrogen-bond acceptors (Lipinski definition) is 2. The van der Waals surface area contributed by atoms with Crippen LogP contribution < -0.4 is 5.32 Å². The second-order valence-corrected chi connectivity index (χ2v) is 6.21. The first kappa shape index (κ1) is 14.8. The Balaban J connectivity index is 1.61. The first-order chi connectivity index (χ1) is 10.6. The Morgan fingerprint density at radius 3 is 2.64 bits per heavy atom. The van der Waals surface area contributed by atoms with Crippen molar-refractivity contribution in [3.63, 3.8) is 0 Å². The molecule has 0 bridgehead atoms. The van der Waals surface area contributed by atoms with Gasteiger partial charge in [0.05, 0.1) is 5.92 Å². The number of fused-ring (bicyclic) bond motifs is 1. The molecule has 0 saturated heterocycles. The summed E-state index contributed by atoms with van der Waals surface area (Å²) in [5.41, 5.74) is 3.13. The molecule has 4 heteroatoms. The SMILES string of the molecule is O=C(NC1CCC(C(=O)O)CC1)c1ccc2c(c1)CCC=C2. The molecule has 2 aliphatic carbocycles. The molecule has 2 N–H and O–H groups in total. The Bertz CT molecular complexity index is 613. The highest BCUT2D eigenvalue weighted by Gasteiger charge is 2.26. The lowest BCUT2D eigenvalue weighted by atomic mass is 9.86. The highest BCUT2D eigenvalue weighted by Crippen LogP contribution is 2.25. The van der Waals surface area contributed by atoms with Crippen LogP contribution in [0.2, 0.25) is 0 Å². The molecule has 1 fully saturated rings. The number of carboxylic acids is 1. The van der Waals surface area contributed by atoms with E-state index < -0.39 is 5.97 Å². The average Bonchev–Trinajstić information content (AvgIpc) is 2.55. The van der Waals surface area contributed by atoms with Crippen LogP contribution in [0.4, 0.5) is 0 Å². The maximum atomic E-state index is 12.4. The molecule has 0 unspecified atom stereocenters. The minimum absolute atomic E-state index is 0.0453. The largest absolute Gasteiger partial charge is 0.481 e. The van der Waals surface area contributed by atoms with Crippen molar-refractivity contribution in [2.45, 2.75) is 44.6 Å². The molecule has 0 aliphatic heterocycles. The Kier molecular flexibility index (Phi) is 4.27. The molecule has 0 heterocycles. The Hall–Kier alpha value is -2.10. The van der Waals surface area contributed by atoms with Crippen LogP contribution in [0.15, 0.2) is 24.3 Å². The summed E-state index contributed by atoms with van der Waals surface area (Å²) >= 11 is 0. The van der Waals surface area contributed by atoms with Crippen molar-refractivity contribution >= 4 is 18.0 Å². The zero-order valence-corrected chi connectivity index (χ0v) is 12.5. The second kappa shape index (κ2) is 6.34. The van der Waals surface area contributed by atoms with Gasteiger partial charge in [-0.2, -0.15) is 0 Å². The van der Waals surface area contributed by atoms with E-state index in [1.165, 1.54) is 11.1 Å². The first-order valence-electron chi connectivity index (χ1n) is 7.96. The lowest BCUT2D eigenvalue weighted by Gasteiger charge is -2.27. The van der Waals surface area contributed by atoms with Gasteiger partial charge in [-0.05, 0) is 61.8 Å². The zero-order valence-electron chi connectivity index (χ0n) is 12.5. The van der Waals surface area contributed by atoms with Crippen molar-refractivity contribution in [1.82, 2.24) is 5.32 Å². The van der Waals surface area contributed by atoms with Gasteiger partial charge in [-0.3, -0.25) is 9.59 Å². The summed E-state index contributed by atoms with van der Waals surface area (Å²) in [4.78, 5) is 23.3. The molecule has 0 spiro atoms. The van der Waals surface area contributed by atoms with Crippen LogP contribution in [0.1, 0.15) is 53.6 Å². The van der Waals surface area contributed by atoms with Gasteiger partial charge in [-0.25, -0.2) is 0 Å². The van der Waals surface area contributed by atoms with Crippen LogP contribution in [0.5, 0.6) is 0 Å². The fraction of sp³-hybridized carbons (Fsp3) is 0.444. The molecule has 3 rings (SSSR count). The van der Waals surface area contributed by atoms with E-state index >= 15 is 0 Å². The third-order valence-electron chi connectivity index (χ3n) is 4.69. The predicted octanol–water partition coefficient (Wildman–Crippen LogP) is 3.02. The number of carbonyl (C=O) groups is 2. The number of nitrogens with one attached hydrogen (secondary N) is 1. The molecular formula is C18H21NO3. The molecule has 116 valence electrons. The molecule has 1 saturated carbocycles. The lowest BCUT2D eigenvalue weighted by molar-refractivity contribution is -0.142. The van der Waals surface area contributed by atoms with Gasteiger partial charge in [0, 0.05) is 11.6 Å². The van der Waals surface area contributed by atoms with Crippen molar-refractivity contribution in [2.75, 3.05) is 0 Å². The molecule has 0 aromatic heterocycles. The second-order valence-electron chi connectivity index (χ2n) is 6.21. The van der Waals surface area contributed by atoms with E-state index in [9.17, 15) is 9.59 Å². The predicted molar refractivity (Wildman–Crippen MR) is 84.6 cm³/mol. The minimum Gasteiger partial charge on any atom is -0.481 e. The van der Waals surface area contributed by atoms with Crippen LogP contribution in [0, 0.1) is 5.92 Å². The number of allylic oxidation sites excluding steroid dienone is 1. The van der Waals surface area contributed by atoms with Gasteiger partial charge in [0.15, 0.2) is 0 Å². The van der Waals surface area contributed by atoms with E-state index in [1.54, 1.807) is 0 Å². The van der Waals surface area contributed by atoms with Crippen LogP contribution >= 0.6 is 0 Å². The summed E-state index contributed by atoms with van der Waals surface area (Å²) in [7, 11) is 0. The van der Waals surface area contributed by atoms with Gasteiger partial charge >= 0.3 is 5.97 Å². The summed E-state index contributed by atoms with van der Waals surface area (Å²) in [6, 6.07) is 5.95. The quantitative estimate of drug-likeness (QED) is 0.901. The fourth-order valence-electron chi connectivity index (χ4n) is 3.33. The molecule has 1 aromatic carbocycles. The van der Waals surface area contributed by atoms with E-state index in [1.807, 2.05) is 18.2 Å². The number of carbonyl (C=O) groups excluding carboxylic acids is 1. The van der Waals surface area contributed by atoms with Crippen LogP contribution in [0.25, 0.3) is 6.08 Å². The van der Waals surface area contributed by atoms with Crippen molar-refractivity contribution in [3.8, 4) is 0 Å². The van der Waals surface area contributed by atoms with Gasteiger partial charge in [0.1, 0.15) is 0 Å². The summed E-state index contributed by atoms with van der Waals surface area (Å²) in [6.07, 6.45) is 9.06. The minimum atomic E-state index is -0.715. The summed E-state index contributed by atoms with van der Waals surface area (Å²) in [5, 5.41) is 12.1. The van der Waals surface area contributed by atoms with Crippen molar-refractivity contribution in [1.29, 1.82) is 0 Å². The molecule has 22 heavy (non-hydrogen) atoms. The topological polar surface area (TPSA) is 66.4 Å². The highest BCUT2D eigenvalue weighted by atomic mass is 16.4. The molecule has 1 amide bonds. The number of benzene rings is 1. The molecule has 4 nitrogen and oxygen atoms in total. The standard InChI is InChI=1S/C18H21NO3/c20-17(19-16-9-7-13(8-10-16)18(21)22)15-6-5-12-3-1-2-4-14(12)11-15/h1,3,5-6,11,13,16H,2,4,7-10H2,(H,19,20)(H,21,22). The van der Waals surface area contributed by atoms with E-state index in [0.29, 0.717) is 18.4 Å². The van der Waals surface area contributed by atoms with E-state index in [-0.39, 0.29) is 17.9 Å². The molecule has 0 atom stereocenters. The van der Waals surface area contributed by atoms with Crippen LogP contribution in [-0.4, -0.2) is 23.0 Å². The Morgan fingerprint density at radius 1 is 1.14 bits per heavy atom. The number of carboxylic acid groups (broad SMARTS) is 1. The van der Waals surface area contributed by atoms with Gasteiger partial charge in [-0.15, -0.1) is 0 Å². The number of hydrogen-bond donors (Lipinski definition) is 2. The lowest BCUT2D eigenvalue weighted by Crippen LogP contribution is -2.38. The first-order valence-corrected chi connectivity index (χ1v) is 7.96. The normalized spacial score (nSPS) is 23.6. The van der Waals surface area contributed by atoms with Gasteiger partial charge < -0.3 is 10.4 Å². The van der Waals surface area contributed by atoms with E-state index in [4.69, 9.17) is 5.11 Å². The third kappa shape index (κ3) is 3.21. The molecular weight excluding hydrogens is 278 g/mol. The zero-order chi connectivity index (χ0) is 15.5. The smallest absolute Gasteiger partial charge is 0.306 e.